The van der Waals surface area contributed by atoms with Gasteiger partial charge in [-0.3, -0.25) is 4.79 Å². The Bertz CT molecular complexity index is 410. The maximum absolute atomic E-state index is 12.5. The zero-order valence-electron chi connectivity index (χ0n) is 11.6. The maximum Gasteiger partial charge on any atom is 0.228 e. The molecule has 1 amide bonds. The molecule has 2 N–H and O–H groups in total. The highest BCUT2D eigenvalue weighted by Crippen LogP contribution is 2.30. The van der Waals surface area contributed by atoms with Crippen molar-refractivity contribution in [1.82, 2.24) is 5.32 Å². The minimum Gasteiger partial charge on any atom is -0.394 e. The van der Waals surface area contributed by atoms with Crippen LogP contribution in [0.5, 0.6) is 0 Å². The molecule has 1 atom stereocenters. The Morgan fingerprint density at radius 3 is 2.47 bits per heavy atom. The van der Waals surface area contributed by atoms with E-state index in [1.54, 1.807) is 0 Å². The number of hydrogen-bond acceptors (Lipinski definition) is 2. The fraction of sp³-hybridized carbons (Fsp3) is 0.562. The van der Waals surface area contributed by atoms with Crippen LogP contribution in [0.4, 0.5) is 0 Å². The van der Waals surface area contributed by atoms with Crippen LogP contribution in [0.15, 0.2) is 30.3 Å². The highest BCUT2D eigenvalue weighted by Gasteiger charge is 2.36. The molecule has 3 heteroatoms. The molecule has 1 aromatic carbocycles. The Balaban J connectivity index is 2.09. The zero-order valence-corrected chi connectivity index (χ0v) is 11.6. The van der Waals surface area contributed by atoms with E-state index >= 15 is 0 Å². The van der Waals surface area contributed by atoms with Gasteiger partial charge in [-0.25, -0.2) is 0 Å². The van der Waals surface area contributed by atoms with Crippen molar-refractivity contribution in [2.75, 3.05) is 6.61 Å². The highest BCUT2D eigenvalue weighted by molar-refractivity contribution is 5.84. The zero-order chi connectivity index (χ0) is 13.7. The summed E-state index contributed by atoms with van der Waals surface area (Å²) in [6, 6.07) is 9.87. The number of aliphatic hydroxyl groups excluding tert-OH is 1. The lowest BCUT2D eigenvalue weighted by Gasteiger charge is -2.30. The quantitative estimate of drug-likeness (QED) is 0.856. The van der Waals surface area contributed by atoms with Gasteiger partial charge in [0.1, 0.15) is 0 Å². The molecule has 0 radical (unpaired) electrons. The molecule has 1 unspecified atom stereocenters. The van der Waals surface area contributed by atoms with Gasteiger partial charge in [0.05, 0.1) is 18.1 Å². The van der Waals surface area contributed by atoms with E-state index in [1.165, 1.54) is 0 Å². The van der Waals surface area contributed by atoms with Crippen LogP contribution in [0.3, 0.4) is 0 Å². The van der Waals surface area contributed by atoms with Gasteiger partial charge in [0.25, 0.3) is 0 Å². The monoisotopic (exact) mass is 261 g/mol. The second-order valence-corrected chi connectivity index (χ2v) is 5.51. The van der Waals surface area contributed by atoms with Crippen LogP contribution in [0, 0.1) is 0 Å². The Morgan fingerprint density at radius 1 is 1.32 bits per heavy atom. The third-order valence-electron chi connectivity index (χ3n) is 4.18. The van der Waals surface area contributed by atoms with E-state index in [1.807, 2.05) is 37.3 Å². The van der Waals surface area contributed by atoms with Crippen LogP contribution >= 0.6 is 0 Å². The Morgan fingerprint density at radius 2 is 1.95 bits per heavy atom. The Labute approximate surface area is 115 Å². The summed E-state index contributed by atoms with van der Waals surface area (Å²) in [6.07, 6.45) is 4.73. The minimum atomic E-state index is -0.376. The first kappa shape index (κ1) is 14.1. The summed E-state index contributed by atoms with van der Waals surface area (Å²) in [5.74, 6) is -0.0742. The van der Waals surface area contributed by atoms with Crippen molar-refractivity contribution in [3.05, 3.63) is 35.9 Å². The predicted octanol–water partition coefficient (Wildman–Crippen LogP) is 2.60. The molecule has 0 spiro atoms. The molecule has 19 heavy (non-hydrogen) atoms. The summed E-state index contributed by atoms with van der Waals surface area (Å²) in [5, 5.41) is 12.7. The number of carbonyl (C=O) groups is 1. The molecule has 1 fully saturated rings. The molecule has 1 aliphatic carbocycles. The van der Waals surface area contributed by atoms with Gasteiger partial charge >= 0.3 is 0 Å². The second-order valence-electron chi connectivity index (χ2n) is 5.51. The van der Waals surface area contributed by atoms with Gasteiger partial charge in [-0.2, -0.15) is 0 Å². The first-order chi connectivity index (χ1) is 9.21. The fourth-order valence-corrected chi connectivity index (χ4v) is 2.98. The largest absolute Gasteiger partial charge is 0.394 e. The summed E-state index contributed by atoms with van der Waals surface area (Å²) in [4.78, 5) is 12.5. The lowest BCUT2D eigenvalue weighted by molar-refractivity contribution is -0.125. The number of benzene rings is 1. The standard InChI is InChI=1S/C16H23NO2/c1-2-14(13-8-4-3-5-9-13)15(19)17-16(12-18)10-6-7-11-16/h3-5,8-9,14,18H,2,6-7,10-12H2,1H3,(H,17,19). The molecular formula is C16H23NO2. The van der Waals surface area contributed by atoms with Gasteiger partial charge in [0.15, 0.2) is 0 Å². The molecule has 1 aromatic rings. The van der Waals surface area contributed by atoms with Gasteiger partial charge in [-0.05, 0) is 24.8 Å². The first-order valence-electron chi connectivity index (χ1n) is 7.18. The topological polar surface area (TPSA) is 49.3 Å². The SMILES string of the molecule is CCC(C(=O)NC1(CO)CCCC1)c1ccccc1. The van der Waals surface area contributed by atoms with E-state index in [0.717, 1.165) is 37.7 Å². The van der Waals surface area contributed by atoms with E-state index in [-0.39, 0.29) is 24.0 Å². The summed E-state index contributed by atoms with van der Waals surface area (Å²) >= 11 is 0. The molecule has 0 aliphatic heterocycles. The summed E-state index contributed by atoms with van der Waals surface area (Å²) in [5.41, 5.74) is 0.674. The van der Waals surface area contributed by atoms with E-state index in [9.17, 15) is 9.90 Å². The van der Waals surface area contributed by atoms with Gasteiger partial charge in [0, 0.05) is 0 Å². The van der Waals surface area contributed by atoms with Crippen molar-refractivity contribution in [2.24, 2.45) is 0 Å². The van der Waals surface area contributed by atoms with Crippen molar-refractivity contribution in [3.8, 4) is 0 Å². The van der Waals surface area contributed by atoms with Crippen LogP contribution in [0.2, 0.25) is 0 Å². The second kappa shape index (κ2) is 6.20. The Hall–Kier alpha value is -1.35. The fourth-order valence-electron chi connectivity index (χ4n) is 2.98. The molecule has 0 bridgehead atoms. The third kappa shape index (κ3) is 3.16. The number of hydrogen-bond donors (Lipinski definition) is 2. The van der Waals surface area contributed by atoms with Gasteiger partial charge in [-0.1, -0.05) is 50.1 Å². The Kier molecular flexibility index (Phi) is 4.59. The minimum absolute atomic E-state index is 0.0456. The van der Waals surface area contributed by atoms with Gasteiger partial charge in [0.2, 0.25) is 5.91 Å². The molecule has 2 rings (SSSR count). The molecule has 0 aromatic heterocycles. The molecule has 0 heterocycles. The average Bonchev–Trinajstić information content (AvgIpc) is 2.90. The van der Waals surface area contributed by atoms with Crippen LogP contribution in [-0.2, 0) is 4.79 Å². The van der Waals surface area contributed by atoms with Gasteiger partial charge in [-0.15, -0.1) is 0 Å². The number of carbonyl (C=O) groups excluding carboxylic acids is 1. The normalized spacial score (nSPS) is 19.1. The van der Waals surface area contributed by atoms with Crippen molar-refractivity contribution < 1.29 is 9.90 Å². The first-order valence-corrected chi connectivity index (χ1v) is 7.18. The highest BCUT2D eigenvalue weighted by atomic mass is 16.3. The summed E-state index contributed by atoms with van der Waals surface area (Å²) in [6.45, 7) is 2.07. The summed E-state index contributed by atoms with van der Waals surface area (Å²) in [7, 11) is 0. The molecule has 1 aliphatic rings. The lowest BCUT2D eigenvalue weighted by Crippen LogP contribution is -2.50. The van der Waals surface area contributed by atoms with Crippen LogP contribution in [0.25, 0.3) is 0 Å². The van der Waals surface area contributed by atoms with Crippen LogP contribution < -0.4 is 5.32 Å². The van der Waals surface area contributed by atoms with E-state index in [2.05, 4.69) is 5.32 Å². The average molecular weight is 261 g/mol. The lowest BCUT2D eigenvalue weighted by atomic mass is 9.92. The van der Waals surface area contributed by atoms with Crippen LogP contribution in [-0.4, -0.2) is 23.2 Å². The van der Waals surface area contributed by atoms with Crippen LogP contribution in [0.1, 0.15) is 50.5 Å². The molecular weight excluding hydrogens is 238 g/mol. The number of rotatable bonds is 5. The number of nitrogens with one attached hydrogen (secondary N) is 1. The van der Waals surface area contributed by atoms with E-state index < -0.39 is 0 Å². The van der Waals surface area contributed by atoms with Crippen molar-refractivity contribution >= 4 is 5.91 Å². The smallest absolute Gasteiger partial charge is 0.228 e. The number of amides is 1. The molecule has 1 saturated carbocycles. The molecule has 3 nitrogen and oxygen atoms in total. The van der Waals surface area contributed by atoms with E-state index in [4.69, 9.17) is 0 Å². The van der Waals surface area contributed by atoms with Crippen molar-refractivity contribution in [1.29, 1.82) is 0 Å². The summed E-state index contributed by atoms with van der Waals surface area (Å²) < 4.78 is 0. The van der Waals surface area contributed by atoms with Crippen molar-refractivity contribution in [2.45, 2.75) is 50.5 Å². The molecule has 0 saturated heterocycles. The van der Waals surface area contributed by atoms with E-state index in [0.29, 0.717) is 0 Å². The van der Waals surface area contributed by atoms with Crippen molar-refractivity contribution in [3.63, 3.8) is 0 Å². The molecule has 104 valence electrons. The van der Waals surface area contributed by atoms with Gasteiger partial charge < -0.3 is 10.4 Å². The number of aliphatic hydroxyl groups is 1. The maximum atomic E-state index is 12.5. The third-order valence-corrected chi connectivity index (χ3v) is 4.18. The predicted molar refractivity (Wildman–Crippen MR) is 75.9 cm³/mol.